The van der Waals surface area contributed by atoms with E-state index in [0.717, 1.165) is 6.54 Å². The molecule has 1 heterocycles. The van der Waals surface area contributed by atoms with Gasteiger partial charge in [0.2, 0.25) is 0 Å². The van der Waals surface area contributed by atoms with Crippen LogP contribution in [0.4, 0.5) is 0 Å². The second-order valence-electron chi connectivity index (χ2n) is 6.25. The van der Waals surface area contributed by atoms with E-state index in [1.807, 2.05) is 0 Å². The van der Waals surface area contributed by atoms with Crippen LogP contribution in [0, 0.1) is 13.8 Å². The average Bonchev–Trinajstić information content (AvgIpc) is 2.77. The van der Waals surface area contributed by atoms with Crippen LogP contribution in [0.3, 0.4) is 0 Å². The Kier molecular flexibility index (Phi) is 4.01. The summed E-state index contributed by atoms with van der Waals surface area (Å²) >= 11 is 0. The van der Waals surface area contributed by atoms with E-state index in [0.29, 0.717) is 0 Å². The largest absolute Gasteiger partial charge is 0.340 e. The van der Waals surface area contributed by atoms with Crippen molar-refractivity contribution in [2.75, 3.05) is 0 Å². The van der Waals surface area contributed by atoms with E-state index in [2.05, 4.69) is 61.7 Å². The Morgan fingerprint density at radius 3 is 1.86 bits per heavy atom. The van der Waals surface area contributed by atoms with E-state index < -0.39 is 0 Å². The Morgan fingerprint density at radius 2 is 1.33 bits per heavy atom. The van der Waals surface area contributed by atoms with Gasteiger partial charge in [-0.05, 0) is 44.5 Å². The van der Waals surface area contributed by atoms with Crippen molar-refractivity contribution in [2.45, 2.75) is 53.0 Å². The number of nitrogens with zero attached hydrogens (tertiary/aromatic N) is 1. The van der Waals surface area contributed by atoms with Crippen LogP contribution in [-0.2, 0) is 6.54 Å². The molecule has 3 rings (SSSR count). The minimum absolute atomic E-state index is 1.13. The van der Waals surface area contributed by atoms with Crippen LogP contribution in [0.2, 0.25) is 0 Å². The first-order valence-corrected chi connectivity index (χ1v) is 8.20. The Morgan fingerprint density at radius 1 is 0.762 bits per heavy atom. The molecule has 0 unspecified atom stereocenters. The minimum atomic E-state index is 1.13. The van der Waals surface area contributed by atoms with Gasteiger partial charge in [-0.15, -0.1) is 0 Å². The average molecular weight is 279 g/mol. The maximum absolute atomic E-state index is 2.51. The zero-order valence-electron chi connectivity index (χ0n) is 13.4. The smallest absolute Gasteiger partial charge is 0.0491 e. The number of aryl methyl sites for hydroxylation is 3. The monoisotopic (exact) mass is 279 g/mol. The molecule has 0 amide bonds. The molecule has 1 nitrogen and oxygen atoms in total. The van der Waals surface area contributed by atoms with Crippen LogP contribution in [0.1, 0.15) is 43.7 Å². The van der Waals surface area contributed by atoms with Crippen molar-refractivity contribution in [3.05, 3.63) is 47.5 Å². The molecule has 21 heavy (non-hydrogen) atoms. The molecule has 2 aromatic carbocycles. The summed E-state index contributed by atoms with van der Waals surface area (Å²) in [6, 6.07) is 13.7. The predicted molar refractivity (Wildman–Crippen MR) is 93.1 cm³/mol. The summed E-state index contributed by atoms with van der Waals surface area (Å²) in [6.07, 6.45) is 5.24. The van der Waals surface area contributed by atoms with Gasteiger partial charge < -0.3 is 4.57 Å². The fraction of sp³-hybridized carbons (Fsp3) is 0.400. The van der Waals surface area contributed by atoms with Crippen molar-refractivity contribution in [2.24, 2.45) is 0 Å². The molecule has 0 aliphatic carbocycles. The number of hydrogen-bond acceptors (Lipinski definition) is 0. The fourth-order valence-corrected chi connectivity index (χ4v) is 3.27. The van der Waals surface area contributed by atoms with E-state index in [4.69, 9.17) is 0 Å². The van der Waals surface area contributed by atoms with Crippen molar-refractivity contribution in [1.82, 2.24) is 4.57 Å². The zero-order valence-corrected chi connectivity index (χ0v) is 13.4. The molecule has 0 radical (unpaired) electrons. The summed E-state index contributed by atoms with van der Waals surface area (Å²) in [4.78, 5) is 0. The Labute approximate surface area is 127 Å². The lowest BCUT2D eigenvalue weighted by atomic mass is 10.1. The summed E-state index contributed by atoms with van der Waals surface area (Å²) in [5, 5.41) is 2.81. The lowest BCUT2D eigenvalue weighted by Crippen LogP contribution is -1.97. The topological polar surface area (TPSA) is 4.93 Å². The van der Waals surface area contributed by atoms with Gasteiger partial charge in [-0.2, -0.15) is 0 Å². The summed E-state index contributed by atoms with van der Waals surface area (Å²) in [6.45, 7) is 7.76. The van der Waals surface area contributed by atoms with Crippen molar-refractivity contribution >= 4 is 21.8 Å². The van der Waals surface area contributed by atoms with E-state index in [-0.39, 0.29) is 0 Å². The normalized spacial score (nSPS) is 11.6. The molecule has 110 valence electrons. The van der Waals surface area contributed by atoms with Gasteiger partial charge in [0.25, 0.3) is 0 Å². The lowest BCUT2D eigenvalue weighted by molar-refractivity contribution is 0.602. The van der Waals surface area contributed by atoms with Gasteiger partial charge in [-0.25, -0.2) is 0 Å². The number of rotatable bonds is 5. The van der Waals surface area contributed by atoms with Gasteiger partial charge in [-0.1, -0.05) is 49.4 Å². The van der Waals surface area contributed by atoms with Crippen LogP contribution in [0.5, 0.6) is 0 Å². The molecule has 0 N–H and O–H groups in total. The van der Waals surface area contributed by atoms with Gasteiger partial charge in [0.05, 0.1) is 0 Å². The fourth-order valence-electron chi connectivity index (χ4n) is 3.27. The van der Waals surface area contributed by atoms with Crippen molar-refractivity contribution in [1.29, 1.82) is 0 Å². The summed E-state index contributed by atoms with van der Waals surface area (Å²) in [5.41, 5.74) is 5.46. The van der Waals surface area contributed by atoms with E-state index in [9.17, 15) is 0 Å². The van der Waals surface area contributed by atoms with Crippen molar-refractivity contribution in [3.8, 4) is 0 Å². The Hall–Kier alpha value is -1.76. The van der Waals surface area contributed by atoms with Crippen LogP contribution in [0.15, 0.2) is 36.4 Å². The molecule has 0 bridgehead atoms. The Balaban J connectivity index is 2.11. The number of benzene rings is 2. The Bertz CT molecular complexity index is 705. The van der Waals surface area contributed by atoms with Crippen molar-refractivity contribution in [3.63, 3.8) is 0 Å². The first-order chi connectivity index (χ1) is 10.2. The van der Waals surface area contributed by atoms with Crippen molar-refractivity contribution < 1.29 is 0 Å². The zero-order chi connectivity index (χ0) is 14.8. The lowest BCUT2D eigenvalue weighted by Gasteiger charge is -2.07. The highest BCUT2D eigenvalue weighted by Gasteiger charge is 2.10. The molecule has 0 aliphatic rings. The second kappa shape index (κ2) is 5.93. The molecule has 0 saturated carbocycles. The molecule has 0 atom stereocenters. The van der Waals surface area contributed by atoms with Crippen LogP contribution < -0.4 is 0 Å². The number of fused-ring (bicyclic) bond motifs is 3. The van der Waals surface area contributed by atoms with Crippen LogP contribution in [0.25, 0.3) is 21.8 Å². The first-order valence-electron chi connectivity index (χ1n) is 8.20. The number of unbranched alkanes of at least 4 members (excludes halogenated alkanes) is 3. The maximum atomic E-state index is 2.51. The third-order valence-corrected chi connectivity index (χ3v) is 4.41. The quantitative estimate of drug-likeness (QED) is 0.505. The van der Waals surface area contributed by atoms with E-state index >= 15 is 0 Å². The van der Waals surface area contributed by atoms with E-state index in [1.54, 1.807) is 0 Å². The highest BCUT2D eigenvalue weighted by Crippen LogP contribution is 2.31. The molecular weight excluding hydrogens is 254 g/mol. The van der Waals surface area contributed by atoms with Gasteiger partial charge in [0.15, 0.2) is 0 Å². The highest BCUT2D eigenvalue weighted by atomic mass is 15.0. The SMILES string of the molecule is CCCCCCn1c2ccc(C)cc2c2cc(C)ccc21. The van der Waals surface area contributed by atoms with Crippen LogP contribution in [-0.4, -0.2) is 4.57 Å². The molecule has 3 aromatic rings. The predicted octanol–water partition coefficient (Wildman–Crippen LogP) is 5.99. The third-order valence-electron chi connectivity index (χ3n) is 4.41. The number of hydrogen-bond donors (Lipinski definition) is 0. The minimum Gasteiger partial charge on any atom is -0.340 e. The number of aromatic nitrogens is 1. The van der Waals surface area contributed by atoms with Crippen LogP contribution >= 0.6 is 0 Å². The first kappa shape index (κ1) is 14.2. The third kappa shape index (κ3) is 2.70. The van der Waals surface area contributed by atoms with Gasteiger partial charge in [-0.3, -0.25) is 0 Å². The van der Waals surface area contributed by atoms with E-state index in [1.165, 1.54) is 58.6 Å². The second-order valence-corrected chi connectivity index (χ2v) is 6.25. The standard InChI is InChI=1S/C20H25N/c1-4-5-6-7-12-21-19-10-8-15(2)13-17(19)18-14-16(3)9-11-20(18)21/h8-11,13-14H,4-7,12H2,1-3H3. The van der Waals surface area contributed by atoms with Gasteiger partial charge in [0.1, 0.15) is 0 Å². The molecule has 0 saturated heterocycles. The summed E-state index contributed by atoms with van der Waals surface area (Å²) in [5.74, 6) is 0. The summed E-state index contributed by atoms with van der Waals surface area (Å²) < 4.78 is 2.51. The van der Waals surface area contributed by atoms with Gasteiger partial charge >= 0.3 is 0 Å². The van der Waals surface area contributed by atoms with Gasteiger partial charge in [0, 0.05) is 28.4 Å². The molecule has 0 aliphatic heterocycles. The molecule has 0 fully saturated rings. The maximum Gasteiger partial charge on any atom is 0.0491 e. The summed E-state index contributed by atoms with van der Waals surface area (Å²) in [7, 11) is 0. The molecular formula is C20H25N. The molecule has 1 aromatic heterocycles. The highest BCUT2D eigenvalue weighted by molar-refractivity contribution is 6.08. The molecule has 1 heteroatoms. The molecule has 0 spiro atoms.